The third-order valence-electron chi connectivity index (χ3n) is 8.62. The molecule has 1 aliphatic carbocycles. The van der Waals surface area contributed by atoms with Crippen LogP contribution in [0.5, 0.6) is 0 Å². The quantitative estimate of drug-likeness (QED) is 0.0876. The molecule has 2 aromatic rings. The highest BCUT2D eigenvalue weighted by Crippen LogP contribution is 2.44. The van der Waals surface area contributed by atoms with Crippen LogP contribution in [-0.4, -0.2) is 189 Å². The van der Waals surface area contributed by atoms with Crippen LogP contribution in [0.4, 0.5) is 4.79 Å². The summed E-state index contributed by atoms with van der Waals surface area (Å²) in [5.41, 5.74) is 4.79. The Bertz CT molecular complexity index is 1240. The van der Waals surface area contributed by atoms with E-state index in [1.807, 2.05) is 38.1 Å². The molecule has 15 nitrogen and oxygen atoms in total. The van der Waals surface area contributed by atoms with Gasteiger partial charge >= 0.3 is 6.09 Å². The van der Waals surface area contributed by atoms with E-state index in [1.165, 1.54) is 27.2 Å². The van der Waals surface area contributed by atoms with E-state index in [1.54, 1.807) is 7.05 Å². The van der Waals surface area contributed by atoms with Gasteiger partial charge in [-0.2, -0.15) is 0 Å². The van der Waals surface area contributed by atoms with Crippen molar-refractivity contribution in [3.05, 3.63) is 59.7 Å². The summed E-state index contributed by atoms with van der Waals surface area (Å²) in [4.78, 5) is 14.2. The SMILES string of the molecule is CC(C)OCCOCCOCCOCCOCCOCCOCCOCCOCCOCCOCCOCCN(C)C(=O)OCC1c2ccccc2-c2ccccc21. The first-order valence-electron chi connectivity index (χ1n) is 20.6. The number of ether oxygens (including phenoxy) is 13. The lowest BCUT2D eigenvalue weighted by molar-refractivity contribution is -0.0293. The Morgan fingerprint density at radius 1 is 0.466 bits per heavy atom. The van der Waals surface area contributed by atoms with Gasteiger partial charge in [0.2, 0.25) is 0 Å². The largest absolute Gasteiger partial charge is 0.448 e. The third kappa shape index (κ3) is 23.1. The van der Waals surface area contributed by atoms with Crippen LogP contribution in [-0.2, 0) is 61.6 Å². The molecule has 15 heteroatoms. The van der Waals surface area contributed by atoms with Crippen LogP contribution in [0.1, 0.15) is 30.9 Å². The molecule has 0 aromatic heterocycles. The van der Waals surface area contributed by atoms with Crippen LogP contribution in [0.2, 0.25) is 0 Å². The number of nitrogens with zero attached hydrogens (tertiary/aromatic N) is 1. The van der Waals surface area contributed by atoms with E-state index in [0.29, 0.717) is 165 Å². The standard InChI is InChI=1S/C43H69NO14/c1-37(2)57-35-34-56-33-32-55-31-30-54-29-28-53-27-26-52-25-24-51-23-22-50-21-20-49-19-18-48-17-16-47-15-14-46-13-12-44(3)43(45)58-36-42-40-10-6-4-8-38(40)39-9-5-7-11-41(39)42/h4-11,37,42H,12-36H2,1-3H3. The number of amides is 1. The number of fused-ring (bicyclic) bond motifs is 3. The summed E-state index contributed by atoms with van der Waals surface area (Å²) < 4.78 is 71.7. The van der Waals surface area contributed by atoms with Gasteiger partial charge in [-0.3, -0.25) is 0 Å². The number of hydrogen-bond donors (Lipinski definition) is 0. The van der Waals surface area contributed by atoms with E-state index < -0.39 is 0 Å². The number of hydrogen-bond acceptors (Lipinski definition) is 14. The summed E-state index contributed by atoms with van der Waals surface area (Å²) in [6.45, 7) is 16.2. The number of benzene rings is 2. The Labute approximate surface area is 345 Å². The first-order valence-corrected chi connectivity index (χ1v) is 20.6. The minimum Gasteiger partial charge on any atom is -0.448 e. The van der Waals surface area contributed by atoms with E-state index in [4.69, 9.17) is 61.6 Å². The molecule has 0 saturated heterocycles. The third-order valence-corrected chi connectivity index (χ3v) is 8.62. The Morgan fingerprint density at radius 2 is 0.759 bits per heavy atom. The van der Waals surface area contributed by atoms with Gasteiger partial charge < -0.3 is 66.5 Å². The smallest absolute Gasteiger partial charge is 0.409 e. The van der Waals surface area contributed by atoms with Crippen molar-refractivity contribution in [2.45, 2.75) is 25.9 Å². The highest BCUT2D eigenvalue weighted by Gasteiger charge is 2.29. The lowest BCUT2D eigenvalue weighted by Gasteiger charge is -2.19. The summed E-state index contributed by atoms with van der Waals surface area (Å²) in [6.07, 6.45) is -0.140. The van der Waals surface area contributed by atoms with Crippen molar-refractivity contribution in [2.24, 2.45) is 0 Å². The maximum absolute atomic E-state index is 12.6. The molecule has 1 aliphatic rings. The zero-order chi connectivity index (χ0) is 41.1. The summed E-state index contributed by atoms with van der Waals surface area (Å²) in [6, 6.07) is 16.6. The highest BCUT2D eigenvalue weighted by atomic mass is 16.6. The molecule has 0 bridgehead atoms. The van der Waals surface area contributed by atoms with Crippen LogP contribution < -0.4 is 0 Å². The van der Waals surface area contributed by atoms with Crippen LogP contribution >= 0.6 is 0 Å². The van der Waals surface area contributed by atoms with Gasteiger partial charge in [0, 0.05) is 19.5 Å². The van der Waals surface area contributed by atoms with Crippen molar-refractivity contribution in [1.82, 2.24) is 4.90 Å². The predicted molar refractivity (Wildman–Crippen MR) is 218 cm³/mol. The normalized spacial score (nSPS) is 12.3. The lowest BCUT2D eigenvalue weighted by Crippen LogP contribution is -2.32. The van der Waals surface area contributed by atoms with E-state index in [9.17, 15) is 4.79 Å². The second-order valence-corrected chi connectivity index (χ2v) is 13.4. The molecular formula is C43H69NO14. The topological polar surface area (TPSA) is 140 Å². The van der Waals surface area contributed by atoms with Gasteiger partial charge in [-0.25, -0.2) is 4.79 Å². The van der Waals surface area contributed by atoms with Crippen molar-refractivity contribution in [3.63, 3.8) is 0 Å². The average Bonchev–Trinajstić information content (AvgIpc) is 3.55. The van der Waals surface area contributed by atoms with E-state index in [2.05, 4.69) is 24.3 Å². The van der Waals surface area contributed by atoms with E-state index >= 15 is 0 Å². The van der Waals surface area contributed by atoms with Gasteiger partial charge in [0.05, 0.1) is 158 Å². The average molecular weight is 824 g/mol. The molecule has 0 heterocycles. The van der Waals surface area contributed by atoms with Crippen molar-refractivity contribution >= 4 is 6.09 Å². The molecule has 3 rings (SSSR count). The summed E-state index contributed by atoms with van der Waals surface area (Å²) in [5, 5.41) is 0. The van der Waals surface area contributed by atoms with Gasteiger partial charge in [0.15, 0.2) is 0 Å². The minimum absolute atomic E-state index is 0.0372. The molecular weight excluding hydrogens is 754 g/mol. The molecule has 0 fully saturated rings. The van der Waals surface area contributed by atoms with E-state index in [-0.39, 0.29) is 18.1 Å². The van der Waals surface area contributed by atoms with Crippen molar-refractivity contribution < 1.29 is 66.4 Å². The monoisotopic (exact) mass is 823 g/mol. The zero-order valence-electron chi connectivity index (χ0n) is 35.1. The minimum atomic E-state index is -0.365. The highest BCUT2D eigenvalue weighted by molar-refractivity contribution is 5.79. The maximum atomic E-state index is 12.6. The predicted octanol–water partition coefficient (Wildman–Crippen LogP) is 4.47. The zero-order valence-corrected chi connectivity index (χ0v) is 35.1. The van der Waals surface area contributed by atoms with Crippen LogP contribution in [0.15, 0.2) is 48.5 Å². The molecule has 0 spiro atoms. The molecule has 0 aliphatic heterocycles. The number of carbonyl (C=O) groups is 1. The molecule has 2 aromatic carbocycles. The maximum Gasteiger partial charge on any atom is 0.409 e. The molecule has 1 amide bonds. The molecule has 0 radical (unpaired) electrons. The number of carbonyl (C=O) groups excluding carboxylic acids is 1. The van der Waals surface area contributed by atoms with Crippen molar-refractivity contribution in [2.75, 3.05) is 172 Å². The van der Waals surface area contributed by atoms with Crippen LogP contribution in [0.3, 0.4) is 0 Å². The van der Waals surface area contributed by atoms with E-state index in [0.717, 1.165) is 0 Å². The Kier molecular flexibility index (Phi) is 29.1. The fraction of sp³-hybridized carbons (Fsp3) is 0.698. The molecule has 0 atom stereocenters. The van der Waals surface area contributed by atoms with Gasteiger partial charge in [-0.1, -0.05) is 48.5 Å². The second kappa shape index (κ2) is 34.0. The van der Waals surface area contributed by atoms with Gasteiger partial charge in [0.1, 0.15) is 6.61 Å². The van der Waals surface area contributed by atoms with Gasteiger partial charge in [-0.15, -0.1) is 0 Å². The Hall–Kier alpha value is -2.77. The van der Waals surface area contributed by atoms with Crippen molar-refractivity contribution in [1.29, 1.82) is 0 Å². The number of rotatable bonds is 39. The first-order chi connectivity index (χ1) is 28.6. The molecule has 58 heavy (non-hydrogen) atoms. The van der Waals surface area contributed by atoms with Crippen molar-refractivity contribution in [3.8, 4) is 11.1 Å². The van der Waals surface area contributed by atoms with Crippen LogP contribution in [0.25, 0.3) is 11.1 Å². The molecule has 0 N–H and O–H groups in total. The summed E-state index contributed by atoms with van der Waals surface area (Å²) >= 11 is 0. The summed E-state index contributed by atoms with van der Waals surface area (Å²) in [7, 11) is 1.71. The lowest BCUT2D eigenvalue weighted by atomic mass is 9.98. The fourth-order valence-electron chi connectivity index (χ4n) is 5.64. The Morgan fingerprint density at radius 3 is 1.09 bits per heavy atom. The fourth-order valence-corrected chi connectivity index (χ4v) is 5.64. The second-order valence-electron chi connectivity index (χ2n) is 13.4. The molecule has 330 valence electrons. The molecule has 0 unspecified atom stereocenters. The van der Waals surface area contributed by atoms with Crippen LogP contribution in [0, 0.1) is 0 Å². The molecule has 0 saturated carbocycles. The first kappa shape index (κ1) is 49.6. The Balaban J connectivity index is 0.951. The van der Waals surface area contributed by atoms with Gasteiger partial charge in [0.25, 0.3) is 0 Å². The van der Waals surface area contributed by atoms with Gasteiger partial charge in [-0.05, 0) is 36.1 Å². The summed E-state index contributed by atoms with van der Waals surface area (Å²) in [5.74, 6) is 0.0372. The number of likely N-dealkylation sites (N-methyl/N-ethyl adjacent to an activating group) is 1.